The highest BCUT2D eigenvalue weighted by Gasteiger charge is 2.04. The average molecular weight is 227 g/mol. The second-order valence-electron chi connectivity index (χ2n) is 3.21. The lowest BCUT2D eigenvalue weighted by molar-refractivity contribution is 0.196. The second kappa shape index (κ2) is 7.62. The number of nitrogens with one attached hydrogen (secondary N) is 1. The Bertz CT molecular complexity index is 258. The van der Waals surface area contributed by atoms with Gasteiger partial charge >= 0.3 is 0 Å². The average Bonchev–Trinajstić information content (AvgIpc) is 2.28. The fourth-order valence-corrected chi connectivity index (χ4v) is 1.80. The van der Waals surface area contributed by atoms with Crippen LogP contribution in [0, 0.1) is 0 Å². The summed E-state index contributed by atoms with van der Waals surface area (Å²) in [4.78, 5) is 8.07. The Labute approximate surface area is 94.5 Å². The summed E-state index contributed by atoms with van der Waals surface area (Å²) >= 11 is 1.52. The van der Waals surface area contributed by atoms with Crippen molar-refractivity contribution < 1.29 is 5.11 Å². The van der Waals surface area contributed by atoms with Gasteiger partial charge in [0.15, 0.2) is 0 Å². The van der Waals surface area contributed by atoms with Crippen LogP contribution in [0.5, 0.6) is 0 Å². The smallest absolute Gasteiger partial charge is 0.114 e. The molecule has 0 aliphatic rings. The number of hydrogen-bond donors (Lipinski definition) is 2. The SMILES string of the molecule is CCCNCC(O)CSc1cnccn1. The van der Waals surface area contributed by atoms with Gasteiger partial charge in [0.1, 0.15) is 5.03 Å². The normalized spacial score (nSPS) is 12.7. The fourth-order valence-electron chi connectivity index (χ4n) is 1.05. The van der Waals surface area contributed by atoms with E-state index < -0.39 is 0 Å². The summed E-state index contributed by atoms with van der Waals surface area (Å²) in [6.45, 7) is 3.70. The summed E-state index contributed by atoms with van der Waals surface area (Å²) in [5.74, 6) is 0.648. The number of hydrogen-bond acceptors (Lipinski definition) is 5. The Kier molecular flexibility index (Phi) is 6.31. The molecule has 1 rings (SSSR count). The first-order chi connectivity index (χ1) is 7.33. The maximum absolute atomic E-state index is 9.61. The van der Waals surface area contributed by atoms with Gasteiger partial charge in [0.25, 0.3) is 0 Å². The molecule has 0 aromatic carbocycles. The van der Waals surface area contributed by atoms with Crippen molar-refractivity contribution in [3.63, 3.8) is 0 Å². The first-order valence-electron chi connectivity index (χ1n) is 5.10. The van der Waals surface area contributed by atoms with Crippen molar-refractivity contribution in [2.45, 2.75) is 24.5 Å². The van der Waals surface area contributed by atoms with Gasteiger partial charge in [-0.3, -0.25) is 4.98 Å². The van der Waals surface area contributed by atoms with Crippen molar-refractivity contribution in [3.05, 3.63) is 18.6 Å². The van der Waals surface area contributed by atoms with Gasteiger partial charge in [-0.2, -0.15) is 0 Å². The van der Waals surface area contributed by atoms with E-state index in [-0.39, 0.29) is 6.10 Å². The summed E-state index contributed by atoms with van der Waals surface area (Å²) < 4.78 is 0. The molecule has 0 aliphatic heterocycles. The topological polar surface area (TPSA) is 58.0 Å². The molecule has 0 radical (unpaired) electrons. The molecular formula is C10H17N3OS. The number of aromatic nitrogens is 2. The number of thioether (sulfide) groups is 1. The van der Waals surface area contributed by atoms with Gasteiger partial charge in [0, 0.05) is 24.7 Å². The monoisotopic (exact) mass is 227 g/mol. The minimum Gasteiger partial charge on any atom is -0.391 e. The van der Waals surface area contributed by atoms with E-state index in [0.29, 0.717) is 12.3 Å². The van der Waals surface area contributed by atoms with Gasteiger partial charge in [0.2, 0.25) is 0 Å². The molecule has 4 nitrogen and oxygen atoms in total. The zero-order valence-corrected chi connectivity index (χ0v) is 9.70. The van der Waals surface area contributed by atoms with Crippen LogP contribution in [0.2, 0.25) is 0 Å². The third-order valence-electron chi connectivity index (χ3n) is 1.77. The summed E-state index contributed by atoms with van der Waals surface area (Å²) in [7, 11) is 0. The van der Waals surface area contributed by atoms with Crippen LogP contribution >= 0.6 is 11.8 Å². The fraction of sp³-hybridized carbons (Fsp3) is 0.600. The van der Waals surface area contributed by atoms with E-state index in [0.717, 1.165) is 18.0 Å². The predicted molar refractivity (Wildman–Crippen MR) is 61.9 cm³/mol. The van der Waals surface area contributed by atoms with Crippen LogP contribution in [0.1, 0.15) is 13.3 Å². The molecular weight excluding hydrogens is 210 g/mol. The van der Waals surface area contributed by atoms with E-state index in [2.05, 4.69) is 22.2 Å². The Morgan fingerprint density at radius 3 is 3.07 bits per heavy atom. The summed E-state index contributed by atoms with van der Waals surface area (Å²) in [5.41, 5.74) is 0. The quantitative estimate of drug-likeness (QED) is 0.536. The van der Waals surface area contributed by atoms with Crippen molar-refractivity contribution in [2.24, 2.45) is 0 Å². The molecule has 1 atom stereocenters. The molecule has 0 fully saturated rings. The maximum atomic E-state index is 9.61. The molecule has 1 heterocycles. The van der Waals surface area contributed by atoms with E-state index in [1.54, 1.807) is 18.6 Å². The number of rotatable bonds is 7. The van der Waals surface area contributed by atoms with Crippen molar-refractivity contribution in [3.8, 4) is 0 Å². The second-order valence-corrected chi connectivity index (χ2v) is 4.25. The van der Waals surface area contributed by atoms with Crippen molar-refractivity contribution >= 4 is 11.8 Å². The molecule has 5 heteroatoms. The van der Waals surface area contributed by atoms with E-state index in [1.165, 1.54) is 11.8 Å². The molecule has 1 unspecified atom stereocenters. The van der Waals surface area contributed by atoms with E-state index in [9.17, 15) is 5.11 Å². The number of nitrogens with zero attached hydrogens (tertiary/aromatic N) is 2. The Hall–Kier alpha value is -0.650. The maximum Gasteiger partial charge on any atom is 0.114 e. The highest BCUT2D eigenvalue weighted by atomic mass is 32.2. The minimum absolute atomic E-state index is 0.330. The van der Waals surface area contributed by atoms with E-state index in [1.807, 2.05) is 0 Å². The van der Waals surface area contributed by atoms with E-state index in [4.69, 9.17) is 0 Å². The Morgan fingerprint density at radius 1 is 1.53 bits per heavy atom. The molecule has 0 aliphatic carbocycles. The van der Waals surface area contributed by atoms with Gasteiger partial charge in [-0.15, -0.1) is 11.8 Å². The zero-order chi connectivity index (χ0) is 10.9. The van der Waals surface area contributed by atoms with Gasteiger partial charge < -0.3 is 10.4 Å². The van der Waals surface area contributed by atoms with Crippen LogP contribution in [0.15, 0.2) is 23.6 Å². The van der Waals surface area contributed by atoms with Gasteiger partial charge in [-0.25, -0.2) is 4.98 Å². The Morgan fingerprint density at radius 2 is 2.40 bits per heavy atom. The zero-order valence-electron chi connectivity index (χ0n) is 8.89. The van der Waals surface area contributed by atoms with Crippen LogP contribution < -0.4 is 5.32 Å². The largest absolute Gasteiger partial charge is 0.391 e. The highest BCUT2D eigenvalue weighted by molar-refractivity contribution is 7.99. The molecule has 1 aromatic heterocycles. The lowest BCUT2D eigenvalue weighted by atomic mass is 10.4. The lowest BCUT2D eigenvalue weighted by Gasteiger charge is -2.10. The van der Waals surface area contributed by atoms with E-state index >= 15 is 0 Å². The molecule has 0 saturated heterocycles. The molecule has 0 spiro atoms. The molecule has 2 N–H and O–H groups in total. The van der Waals surface area contributed by atoms with Crippen LogP contribution in [-0.4, -0.2) is 40.0 Å². The van der Waals surface area contributed by atoms with Crippen molar-refractivity contribution in [1.82, 2.24) is 15.3 Å². The number of aliphatic hydroxyl groups is 1. The molecule has 0 amide bonds. The summed E-state index contributed by atoms with van der Waals surface area (Å²) in [6.07, 6.45) is 5.76. The molecule has 1 aromatic rings. The Balaban J connectivity index is 2.14. The van der Waals surface area contributed by atoms with Crippen molar-refractivity contribution in [1.29, 1.82) is 0 Å². The number of aliphatic hydroxyl groups excluding tert-OH is 1. The van der Waals surface area contributed by atoms with Gasteiger partial charge in [-0.05, 0) is 13.0 Å². The predicted octanol–water partition coefficient (Wildman–Crippen LogP) is 0.929. The molecule has 15 heavy (non-hydrogen) atoms. The summed E-state index contributed by atoms with van der Waals surface area (Å²) in [6, 6.07) is 0. The third-order valence-corrected chi connectivity index (χ3v) is 2.83. The minimum atomic E-state index is -0.330. The molecule has 84 valence electrons. The van der Waals surface area contributed by atoms with Crippen LogP contribution in [-0.2, 0) is 0 Å². The molecule has 0 bridgehead atoms. The first kappa shape index (κ1) is 12.4. The third kappa shape index (κ3) is 5.71. The van der Waals surface area contributed by atoms with Gasteiger partial charge in [0.05, 0.1) is 12.3 Å². The molecule has 0 saturated carbocycles. The van der Waals surface area contributed by atoms with Crippen LogP contribution in [0.25, 0.3) is 0 Å². The standard InChI is InChI=1S/C10H17N3OS/c1-2-3-11-6-9(14)8-15-10-7-12-4-5-13-10/h4-5,7,9,11,14H,2-3,6,8H2,1H3. The van der Waals surface area contributed by atoms with Crippen molar-refractivity contribution in [2.75, 3.05) is 18.8 Å². The van der Waals surface area contributed by atoms with Crippen LogP contribution in [0.3, 0.4) is 0 Å². The van der Waals surface area contributed by atoms with Gasteiger partial charge in [-0.1, -0.05) is 6.92 Å². The summed E-state index contributed by atoms with van der Waals surface area (Å²) in [5, 5.41) is 13.6. The van der Waals surface area contributed by atoms with Crippen LogP contribution in [0.4, 0.5) is 0 Å². The highest BCUT2D eigenvalue weighted by Crippen LogP contribution is 2.13. The first-order valence-corrected chi connectivity index (χ1v) is 6.09. The lowest BCUT2D eigenvalue weighted by Crippen LogP contribution is -2.28.